The van der Waals surface area contributed by atoms with Crippen molar-refractivity contribution < 1.29 is 28.7 Å². The fraction of sp³-hybridized carbons (Fsp3) is 0.231. The maximum absolute atomic E-state index is 13.7. The molecule has 3 aliphatic heterocycles. The molecule has 3 saturated heterocycles. The summed E-state index contributed by atoms with van der Waals surface area (Å²) in [6, 6.07) is 16.4. The number of rotatable bonds is 6. The number of carbonyl (C=O) groups excluding carboxylic acids is 4. The molecule has 0 N–H and O–H groups in total. The van der Waals surface area contributed by atoms with Gasteiger partial charge in [-0.3, -0.25) is 9.59 Å². The van der Waals surface area contributed by atoms with E-state index >= 15 is 0 Å². The van der Waals surface area contributed by atoms with E-state index in [0.29, 0.717) is 0 Å². The van der Waals surface area contributed by atoms with Gasteiger partial charge in [-0.25, -0.2) is 9.59 Å². The topological polar surface area (TPSA) is 93.2 Å². The van der Waals surface area contributed by atoms with Crippen LogP contribution in [0.3, 0.4) is 0 Å². The van der Waals surface area contributed by atoms with Crippen LogP contribution in [0.4, 0.5) is 0 Å². The molecular formula is C26H24N2O6. The summed E-state index contributed by atoms with van der Waals surface area (Å²) >= 11 is 0. The standard InChI is InChI=1S/C26H24N2O6/c1-33-21(29)13-19-20(14-22(30)34-2)24-26(32)27(15-17-9-5-3-6-10-17)23(19)25(31)28(24)16-18-11-7-4-8-12-18/h3-14,23-24H,15-16H2,1-2H3/b19-13-,20-14-. The number of nitrogens with zero attached hydrogens (tertiary/aromatic N) is 2. The van der Waals surface area contributed by atoms with E-state index in [9.17, 15) is 19.2 Å². The van der Waals surface area contributed by atoms with Crippen molar-refractivity contribution in [3.63, 3.8) is 0 Å². The number of benzene rings is 2. The first-order valence-corrected chi connectivity index (χ1v) is 10.7. The highest BCUT2D eigenvalue weighted by molar-refractivity contribution is 6.07. The summed E-state index contributed by atoms with van der Waals surface area (Å²) in [4.78, 5) is 54.8. The van der Waals surface area contributed by atoms with Gasteiger partial charge in [-0.05, 0) is 22.3 Å². The van der Waals surface area contributed by atoms with Crippen molar-refractivity contribution in [2.45, 2.75) is 25.2 Å². The van der Waals surface area contributed by atoms with Crippen LogP contribution in [0.2, 0.25) is 0 Å². The molecule has 8 heteroatoms. The fourth-order valence-electron chi connectivity index (χ4n) is 4.35. The molecule has 0 spiro atoms. The average Bonchev–Trinajstić information content (AvgIpc) is 2.85. The molecule has 0 radical (unpaired) electrons. The van der Waals surface area contributed by atoms with Crippen LogP contribution in [-0.4, -0.2) is 59.9 Å². The number of esters is 2. The number of ether oxygens (including phenoxy) is 2. The first kappa shape index (κ1) is 23.0. The highest BCUT2D eigenvalue weighted by Crippen LogP contribution is 2.40. The fourth-order valence-corrected chi connectivity index (χ4v) is 4.35. The third-order valence-corrected chi connectivity index (χ3v) is 5.92. The van der Waals surface area contributed by atoms with Crippen LogP contribution < -0.4 is 0 Å². The van der Waals surface area contributed by atoms with Crippen LogP contribution in [0.5, 0.6) is 0 Å². The molecule has 3 aliphatic rings. The van der Waals surface area contributed by atoms with Crippen LogP contribution in [0.25, 0.3) is 0 Å². The van der Waals surface area contributed by atoms with Gasteiger partial charge in [0.15, 0.2) is 0 Å². The maximum atomic E-state index is 13.7. The van der Waals surface area contributed by atoms with E-state index in [1.54, 1.807) is 0 Å². The molecule has 0 aromatic heterocycles. The molecule has 2 amide bonds. The lowest BCUT2D eigenvalue weighted by atomic mass is 9.79. The van der Waals surface area contributed by atoms with E-state index in [1.165, 1.54) is 36.2 Å². The zero-order valence-corrected chi connectivity index (χ0v) is 18.8. The maximum Gasteiger partial charge on any atom is 0.330 e. The number of hydrogen-bond acceptors (Lipinski definition) is 6. The van der Waals surface area contributed by atoms with Gasteiger partial charge in [0.1, 0.15) is 12.1 Å². The molecule has 8 nitrogen and oxygen atoms in total. The minimum absolute atomic E-state index is 0.176. The van der Waals surface area contributed by atoms with Crippen molar-refractivity contribution in [3.05, 3.63) is 95.1 Å². The molecule has 174 valence electrons. The average molecular weight is 460 g/mol. The minimum Gasteiger partial charge on any atom is -0.466 e. The van der Waals surface area contributed by atoms with Crippen molar-refractivity contribution in [1.82, 2.24) is 9.80 Å². The lowest BCUT2D eigenvalue weighted by Crippen LogP contribution is -2.69. The summed E-state index contributed by atoms with van der Waals surface area (Å²) in [5, 5.41) is 0. The highest BCUT2D eigenvalue weighted by Gasteiger charge is 2.55. The van der Waals surface area contributed by atoms with E-state index < -0.39 is 24.0 Å². The van der Waals surface area contributed by atoms with E-state index in [0.717, 1.165) is 11.1 Å². The summed E-state index contributed by atoms with van der Waals surface area (Å²) < 4.78 is 9.58. The van der Waals surface area contributed by atoms with Crippen LogP contribution >= 0.6 is 0 Å². The molecule has 2 atom stereocenters. The van der Waals surface area contributed by atoms with Gasteiger partial charge < -0.3 is 19.3 Å². The normalized spacial score (nSPS) is 21.8. The van der Waals surface area contributed by atoms with Gasteiger partial charge in [-0.1, -0.05) is 60.7 Å². The van der Waals surface area contributed by atoms with Gasteiger partial charge in [0.2, 0.25) is 0 Å². The largest absolute Gasteiger partial charge is 0.466 e. The van der Waals surface area contributed by atoms with E-state index in [-0.39, 0.29) is 36.1 Å². The van der Waals surface area contributed by atoms with Gasteiger partial charge in [0, 0.05) is 25.2 Å². The second-order valence-corrected chi connectivity index (χ2v) is 7.95. The highest BCUT2D eigenvalue weighted by atomic mass is 16.5. The third kappa shape index (κ3) is 4.34. The van der Waals surface area contributed by atoms with E-state index in [1.807, 2.05) is 60.7 Å². The second-order valence-electron chi connectivity index (χ2n) is 7.95. The van der Waals surface area contributed by atoms with Gasteiger partial charge in [0.05, 0.1) is 14.2 Å². The van der Waals surface area contributed by atoms with Crippen LogP contribution in [0.1, 0.15) is 11.1 Å². The lowest BCUT2D eigenvalue weighted by molar-refractivity contribution is -0.162. The van der Waals surface area contributed by atoms with Crippen molar-refractivity contribution >= 4 is 23.8 Å². The smallest absolute Gasteiger partial charge is 0.330 e. The molecule has 2 bridgehead atoms. The molecule has 34 heavy (non-hydrogen) atoms. The molecule has 2 unspecified atom stereocenters. The molecular weight excluding hydrogens is 436 g/mol. The quantitative estimate of drug-likeness (QED) is 0.484. The predicted octanol–water partition coefficient (Wildman–Crippen LogP) is 2.01. The Balaban J connectivity index is 1.83. The van der Waals surface area contributed by atoms with Gasteiger partial charge in [-0.2, -0.15) is 0 Å². The summed E-state index contributed by atoms with van der Waals surface area (Å²) in [6.07, 6.45) is 2.35. The molecule has 5 rings (SSSR count). The molecule has 3 fully saturated rings. The summed E-state index contributed by atoms with van der Waals surface area (Å²) in [5.74, 6) is -2.04. The number of piperazine rings is 1. The Bertz CT molecular complexity index is 1080. The molecule has 2 aromatic rings. The Morgan fingerprint density at radius 1 is 0.706 bits per heavy atom. The van der Waals surface area contributed by atoms with Crippen molar-refractivity contribution in [2.24, 2.45) is 0 Å². The van der Waals surface area contributed by atoms with Crippen LogP contribution in [0.15, 0.2) is 84.0 Å². The lowest BCUT2D eigenvalue weighted by Gasteiger charge is -2.52. The number of methoxy groups -OCH3 is 2. The molecule has 2 aromatic carbocycles. The number of amides is 2. The number of carbonyl (C=O) groups is 4. The van der Waals surface area contributed by atoms with Crippen molar-refractivity contribution in [1.29, 1.82) is 0 Å². The second kappa shape index (κ2) is 9.74. The SMILES string of the molecule is COC(=O)/C=C1/C(=C/C(=O)OC)C2C(=O)N(Cc3ccccc3)C1C(=O)N2Cc1ccccc1. The van der Waals surface area contributed by atoms with Crippen LogP contribution in [-0.2, 0) is 41.7 Å². The zero-order chi connectivity index (χ0) is 24.2. The van der Waals surface area contributed by atoms with Gasteiger partial charge >= 0.3 is 11.9 Å². The van der Waals surface area contributed by atoms with Gasteiger partial charge in [-0.15, -0.1) is 0 Å². The Hall–Kier alpha value is -4.20. The molecule has 0 aliphatic carbocycles. The first-order valence-electron chi connectivity index (χ1n) is 10.7. The first-order chi connectivity index (χ1) is 16.4. The minimum atomic E-state index is -1.09. The van der Waals surface area contributed by atoms with E-state index in [4.69, 9.17) is 9.47 Å². The van der Waals surface area contributed by atoms with Gasteiger partial charge in [0.25, 0.3) is 11.8 Å². The Kier molecular flexibility index (Phi) is 6.58. The predicted molar refractivity (Wildman–Crippen MR) is 122 cm³/mol. The number of piperidine rings is 2. The molecule has 0 saturated carbocycles. The summed E-state index contributed by atoms with van der Waals surface area (Å²) in [5.41, 5.74) is 2.18. The number of hydrogen-bond donors (Lipinski definition) is 0. The third-order valence-electron chi connectivity index (χ3n) is 5.92. The van der Waals surface area contributed by atoms with Crippen molar-refractivity contribution in [2.75, 3.05) is 14.2 Å². The number of fused-ring (bicyclic) bond motifs is 3. The van der Waals surface area contributed by atoms with E-state index in [2.05, 4.69) is 0 Å². The zero-order valence-electron chi connectivity index (χ0n) is 18.8. The Morgan fingerprint density at radius 2 is 1.06 bits per heavy atom. The summed E-state index contributed by atoms with van der Waals surface area (Å²) in [6.45, 7) is 0.353. The monoisotopic (exact) mass is 460 g/mol. The Labute approximate surface area is 197 Å². The Morgan fingerprint density at radius 3 is 1.38 bits per heavy atom. The summed E-state index contributed by atoms with van der Waals surface area (Å²) in [7, 11) is 2.45. The molecule has 3 heterocycles. The van der Waals surface area contributed by atoms with Crippen molar-refractivity contribution in [3.8, 4) is 0 Å². The van der Waals surface area contributed by atoms with Crippen LogP contribution in [0, 0.1) is 0 Å².